The zero-order chi connectivity index (χ0) is 14.1. The fourth-order valence-electron chi connectivity index (χ4n) is 3.37. The Bertz CT molecular complexity index is 640. The number of nitrogens with zero attached hydrogens (tertiary/aromatic N) is 2. The molecule has 0 saturated carbocycles. The molecule has 2 aromatic rings. The zero-order valence-electron chi connectivity index (χ0n) is 12.3. The van der Waals surface area contributed by atoms with Crippen LogP contribution in [0.3, 0.4) is 0 Å². The van der Waals surface area contributed by atoms with Crippen molar-refractivity contribution in [2.75, 3.05) is 6.54 Å². The molecule has 0 amide bonds. The number of pyridine rings is 1. The average Bonchev–Trinajstić information content (AvgIpc) is 2.83. The highest BCUT2D eigenvalue weighted by Crippen LogP contribution is 2.22. The van der Waals surface area contributed by atoms with Gasteiger partial charge in [0.05, 0.1) is 0 Å². The summed E-state index contributed by atoms with van der Waals surface area (Å²) < 4.78 is 1.71. The van der Waals surface area contributed by atoms with Gasteiger partial charge in [0.1, 0.15) is 5.65 Å². The molecule has 1 aliphatic rings. The number of fused-ring (bicyclic) bond motifs is 1. The van der Waals surface area contributed by atoms with E-state index >= 15 is 0 Å². The summed E-state index contributed by atoms with van der Waals surface area (Å²) in [6.07, 6.45) is 6.83. The highest BCUT2D eigenvalue weighted by atomic mass is 16.1. The first kappa shape index (κ1) is 13.4. The minimum atomic E-state index is 0.0364. The quantitative estimate of drug-likeness (QED) is 0.933. The van der Waals surface area contributed by atoms with Gasteiger partial charge in [0.25, 0.3) is 5.56 Å². The van der Waals surface area contributed by atoms with Gasteiger partial charge in [-0.05, 0) is 39.3 Å². The van der Waals surface area contributed by atoms with E-state index in [-0.39, 0.29) is 5.56 Å². The lowest BCUT2D eigenvalue weighted by molar-refractivity contribution is 0.111. The molecule has 2 aromatic heterocycles. The molecular weight excluding hydrogens is 250 g/mol. The number of aromatic nitrogens is 2. The molecule has 0 spiro atoms. The Morgan fingerprint density at radius 3 is 2.95 bits per heavy atom. The van der Waals surface area contributed by atoms with Crippen molar-refractivity contribution in [1.29, 1.82) is 0 Å². The van der Waals surface area contributed by atoms with Gasteiger partial charge in [-0.3, -0.25) is 14.1 Å². The van der Waals surface area contributed by atoms with E-state index in [0.29, 0.717) is 12.1 Å². The summed E-state index contributed by atoms with van der Waals surface area (Å²) in [6.45, 7) is 5.74. The van der Waals surface area contributed by atoms with Crippen LogP contribution in [0.15, 0.2) is 29.2 Å². The molecule has 1 fully saturated rings. The maximum atomic E-state index is 11.8. The Labute approximate surface area is 119 Å². The van der Waals surface area contributed by atoms with Gasteiger partial charge in [0, 0.05) is 36.5 Å². The van der Waals surface area contributed by atoms with Gasteiger partial charge in [-0.15, -0.1) is 0 Å². The lowest BCUT2D eigenvalue weighted by Gasteiger charge is -2.38. The standard InChI is InChI=1S/C16H23N3O/c1-12(2)18-9-4-3-6-14(18)10-13-11-19-15(17-13)7-5-8-16(19)20/h5,7-8,11-12,14,17H,3-4,6,9-10H2,1-2H3. The lowest BCUT2D eigenvalue weighted by Crippen LogP contribution is -2.45. The maximum absolute atomic E-state index is 11.8. The molecule has 3 rings (SSSR count). The smallest absolute Gasteiger partial charge is 0.256 e. The van der Waals surface area contributed by atoms with Crippen LogP contribution >= 0.6 is 0 Å². The fraction of sp³-hybridized carbons (Fsp3) is 0.562. The number of rotatable bonds is 3. The summed E-state index contributed by atoms with van der Waals surface area (Å²) >= 11 is 0. The second-order valence-corrected chi connectivity index (χ2v) is 6.08. The van der Waals surface area contributed by atoms with Crippen molar-refractivity contribution >= 4 is 5.65 Å². The molecule has 3 heterocycles. The van der Waals surface area contributed by atoms with Crippen LogP contribution in [0.25, 0.3) is 5.65 Å². The molecule has 0 bridgehead atoms. The molecule has 1 unspecified atom stereocenters. The number of nitrogens with one attached hydrogen (secondary N) is 1. The first-order chi connectivity index (χ1) is 9.65. The fourth-order valence-corrected chi connectivity index (χ4v) is 3.37. The molecule has 1 atom stereocenters. The minimum Gasteiger partial charge on any atom is -0.343 e. The summed E-state index contributed by atoms with van der Waals surface area (Å²) in [5, 5.41) is 0. The Morgan fingerprint density at radius 2 is 2.20 bits per heavy atom. The summed E-state index contributed by atoms with van der Waals surface area (Å²) in [6, 6.07) is 6.54. The lowest BCUT2D eigenvalue weighted by atomic mass is 9.97. The molecule has 20 heavy (non-hydrogen) atoms. The number of aromatic amines is 1. The molecule has 1 saturated heterocycles. The van der Waals surface area contributed by atoms with Crippen molar-refractivity contribution in [1.82, 2.24) is 14.3 Å². The maximum Gasteiger partial charge on any atom is 0.256 e. The molecule has 1 N–H and O–H groups in total. The Kier molecular flexibility index (Phi) is 3.66. The van der Waals surface area contributed by atoms with Gasteiger partial charge >= 0.3 is 0 Å². The highest BCUT2D eigenvalue weighted by molar-refractivity contribution is 5.39. The van der Waals surface area contributed by atoms with Gasteiger partial charge in [-0.1, -0.05) is 12.5 Å². The van der Waals surface area contributed by atoms with Gasteiger partial charge in [-0.2, -0.15) is 0 Å². The summed E-state index contributed by atoms with van der Waals surface area (Å²) in [5.74, 6) is 0. The molecule has 0 aliphatic carbocycles. The third kappa shape index (κ3) is 2.52. The predicted molar refractivity (Wildman–Crippen MR) is 81.2 cm³/mol. The molecule has 0 radical (unpaired) electrons. The molecule has 1 aliphatic heterocycles. The monoisotopic (exact) mass is 273 g/mol. The average molecular weight is 273 g/mol. The van der Waals surface area contributed by atoms with Crippen LogP contribution in [0.5, 0.6) is 0 Å². The predicted octanol–water partition coefficient (Wildman–Crippen LogP) is 2.43. The Hall–Kier alpha value is -1.55. The van der Waals surface area contributed by atoms with Gasteiger partial charge in [0.2, 0.25) is 0 Å². The van der Waals surface area contributed by atoms with E-state index in [1.165, 1.54) is 25.8 Å². The topological polar surface area (TPSA) is 40.5 Å². The van der Waals surface area contributed by atoms with E-state index in [9.17, 15) is 4.79 Å². The second kappa shape index (κ2) is 5.44. The number of piperidine rings is 1. The Balaban J connectivity index is 1.84. The van der Waals surface area contributed by atoms with E-state index in [0.717, 1.165) is 17.8 Å². The van der Waals surface area contributed by atoms with Crippen LogP contribution in [0.1, 0.15) is 38.8 Å². The van der Waals surface area contributed by atoms with E-state index in [1.54, 1.807) is 16.5 Å². The van der Waals surface area contributed by atoms with Gasteiger partial charge in [0.15, 0.2) is 0 Å². The van der Waals surface area contributed by atoms with Crippen LogP contribution in [-0.4, -0.2) is 32.9 Å². The number of imidazole rings is 1. The van der Waals surface area contributed by atoms with Crippen LogP contribution in [0, 0.1) is 0 Å². The Morgan fingerprint density at radius 1 is 1.35 bits per heavy atom. The summed E-state index contributed by atoms with van der Waals surface area (Å²) in [4.78, 5) is 17.8. The summed E-state index contributed by atoms with van der Waals surface area (Å²) in [7, 11) is 0. The van der Waals surface area contributed by atoms with E-state index in [1.807, 2.05) is 12.3 Å². The first-order valence-corrected chi connectivity index (χ1v) is 7.60. The van der Waals surface area contributed by atoms with Crippen LogP contribution < -0.4 is 5.56 Å². The van der Waals surface area contributed by atoms with Crippen molar-refractivity contribution in [2.45, 2.75) is 51.6 Å². The first-order valence-electron chi connectivity index (χ1n) is 7.60. The van der Waals surface area contributed by atoms with Gasteiger partial charge < -0.3 is 4.98 Å². The third-order valence-corrected chi connectivity index (χ3v) is 4.35. The van der Waals surface area contributed by atoms with Crippen molar-refractivity contribution in [2.24, 2.45) is 0 Å². The normalized spacial score (nSPS) is 20.9. The number of likely N-dealkylation sites (tertiary alicyclic amines) is 1. The minimum absolute atomic E-state index is 0.0364. The summed E-state index contributed by atoms with van der Waals surface area (Å²) in [5.41, 5.74) is 2.08. The largest absolute Gasteiger partial charge is 0.343 e. The SMILES string of the molecule is CC(C)N1CCCCC1Cc1cn2c(=O)cccc2[nH]1. The van der Waals surface area contributed by atoms with Gasteiger partial charge in [-0.25, -0.2) is 0 Å². The van der Waals surface area contributed by atoms with E-state index in [2.05, 4.69) is 23.7 Å². The molecule has 108 valence electrons. The van der Waals surface area contributed by atoms with Crippen LogP contribution in [-0.2, 0) is 6.42 Å². The van der Waals surface area contributed by atoms with E-state index in [4.69, 9.17) is 0 Å². The van der Waals surface area contributed by atoms with Crippen molar-refractivity contribution in [3.8, 4) is 0 Å². The molecule has 4 heteroatoms. The third-order valence-electron chi connectivity index (χ3n) is 4.35. The highest BCUT2D eigenvalue weighted by Gasteiger charge is 2.25. The van der Waals surface area contributed by atoms with E-state index < -0.39 is 0 Å². The number of hydrogen-bond acceptors (Lipinski definition) is 2. The van der Waals surface area contributed by atoms with Crippen LogP contribution in [0.4, 0.5) is 0 Å². The van der Waals surface area contributed by atoms with Crippen LogP contribution in [0.2, 0.25) is 0 Å². The number of hydrogen-bond donors (Lipinski definition) is 1. The molecular formula is C16H23N3O. The zero-order valence-corrected chi connectivity index (χ0v) is 12.3. The van der Waals surface area contributed by atoms with Crippen molar-refractivity contribution < 1.29 is 0 Å². The number of H-pyrrole nitrogens is 1. The van der Waals surface area contributed by atoms with Crippen molar-refractivity contribution in [3.63, 3.8) is 0 Å². The van der Waals surface area contributed by atoms with Crippen molar-refractivity contribution in [3.05, 3.63) is 40.4 Å². The molecule has 0 aromatic carbocycles. The second-order valence-electron chi connectivity index (χ2n) is 6.08. The molecule has 4 nitrogen and oxygen atoms in total.